The van der Waals surface area contributed by atoms with E-state index in [0.717, 1.165) is 5.56 Å². The molecule has 30 heavy (non-hydrogen) atoms. The largest absolute Gasteiger partial charge is 0.504 e. The van der Waals surface area contributed by atoms with E-state index in [4.69, 9.17) is 0 Å². The molecule has 3 aromatic heterocycles. The fourth-order valence-corrected chi connectivity index (χ4v) is 3.58. The van der Waals surface area contributed by atoms with Crippen molar-refractivity contribution >= 4 is 46.4 Å². The Morgan fingerprint density at radius 1 is 0.667 bits per heavy atom. The highest BCUT2D eigenvalue weighted by atomic mass is 16.3. The van der Waals surface area contributed by atoms with Gasteiger partial charge < -0.3 is 30.4 Å². The molecule has 2 aliphatic rings. The summed E-state index contributed by atoms with van der Waals surface area (Å²) in [4.78, 5) is 14.6. The van der Waals surface area contributed by atoms with E-state index in [1.165, 1.54) is 0 Å². The van der Waals surface area contributed by atoms with Gasteiger partial charge in [-0.05, 0) is 54.5 Å². The molecule has 0 spiro atoms. The molecule has 6 N–H and O–H groups in total. The zero-order valence-corrected chi connectivity index (χ0v) is 15.9. The van der Waals surface area contributed by atoms with E-state index < -0.39 is 0 Å². The van der Waals surface area contributed by atoms with Crippen LogP contribution in [0.25, 0.3) is 46.4 Å². The molecule has 8 heteroatoms. The second-order valence-electron chi connectivity index (χ2n) is 7.05. The Morgan fingerprint density at radius 2 is 1.13 bits per heavy atom. The van der Waals surface area contributed by atoms with Gasteiger partial charge in [0.2, 0.25) is 0 Å². The predicted molar refractivity (Wildman–Crippen MR) is 115 cm³/mol. The van der Waals surface area contributed by atoms with Crippen LogP contribution in [0.4, 0.5) is 0 Å². The number of hydrogen-bond acceptors (Lipinski definition) is 6. The summed E-state index contributed by atoms with van der Waals surface area (Å²) < 4.78 is 0. The molecule has 5 rings (SSSR count). The summed E-state index contributed by atoms with van der Waals surface area (Å²) in [6.07, 6.45) is 6.97. The third-order valence-electron chi connectivity index (χ3n) is 5.22. The fraction of sp³-hybridized carbons (Fsp3) is 0.0909. The molecule has 2 aliphatic heterocycles. The molecular weight excluding hydrogens is 384 g/mol. The topological polar surface area (TPSA) is 138 Å². The van der Waals surface area contributed by atoms with Crippen LogP contribution in [0.3, 0.4) is 0 Å². The first-order valence-electron chi connectivity index (χ1n) is 9.41. The first-order valence-corrected chi connectivity index (χ1v) is 9.41. The van der Waals surface area contributed by atoms with Crippen LogP contribution in [-0.4, -0.2) is 40.4 Å². The summed E-state index contributed by atoms with van der Waals surface area (Å²) in [7, 11) is 0. The molecule has 0 amide bonds. The van der Waals surface area contributed by atoms with Crippen LogP contribution >= 0.6 is 0 Å². The highest BCUT2D eigenvalue weighted by molar-refractivity contribution is 5.87. The van der Waals surface area contributed by atoms with Crippen LogP contribution in [0, 0.1) is 0 Å². The number of fused-ring (bicyclic) bond motifs is 8. The third-order valence-corrected chi connectivity index (χ3v) is 5.22. The van der Waals surface area contributed by atoms with Crippen molar-refractivity contribution in [2.45, 2.75) is 13.3 Å². The van der Waals surface area contributed by atoms with Gasteiger partial charge in [-0.1, -0.05) is 6.92 Å². The molecule has 0 fully saturated rings. The first kappa shape index (κ1) is 17.9. The molecule has 150 valence electrons. The van der Waals surface area contributed by atoms with Crippen molar-refractivity contribution in [3.8, 4) is 23.0 Å². The molecule has 5 heterocycles. The Bertz CT molecular complexity index is 1430. The Balaban J connectivity index is 1.99. The van der Waals surface area contributed by atoms with Crippen molar-refractivity contribution in [1.82, 2.24) is 19.9 Å². The molecule has 8 nitrogen and oxygen atoms in total. The summed E-state index contributed by atoms with van der Waals surface area (Å²) in [5.41, 5.74) is 3.38. The fourth-order valence-electron chi connectivity index (χ4n) is 3.58. The van der Waals surface area contributed by atoms with Gasteiger partial charge in [-0.2, -0.15) is 0 Å². The molecule has 0 saturated carbocycles. The highest BCUT2D eigenvalue weighted by Crippen LogP contribution is 2.35. The summed E-state index contributed by atoms with van der Waals surface area (Å²) in [6, 6.07) is 4.95. The lowest BCUT2D eigenvalue weighted by atomic mass is 10.2. The number of H-pyrrole nitrogens is 2. The van der Waals surface area contributed by atoms with E-state index in [1.54, 1.807) is 42.5 Å². The lowest BCUT2D eigenvalue weighted by Crippen LogP contribution is -1.81. The van der Waals surface area contributed by atoms with Gasteiger partial charge in [0.1, 0.15) is 22.8 Å². The van der Waals surface area contributed by atoms with E-state index in [0.29, 0.717) is 28.5 Å². The second-order valence-corrected chi connectivity index (χ2v) is 7.05. The van der Waals surface area contributed by atoms with E-state index in [-0.39, 0.29) is 45.8 Å². The van der Waals surface area contributed by atoms with E-state index >= 15 is 0 Å². The molecule has 3 aromatic rings. The Hall–Kier alpha value is -4.20. The Kier molecular flexibility index (Phi) is 3.82. The molecule has 0 radical (unpaired) electrons. The normalized spacial score (nSPS) is 12.6. The van der Waals surface area contributed by atoms with Gasteiger partial charge in [0, 0.05) is 0 Å². The molecule has 0 aromatic carbocycles. The van der Waals surface area contributed by atoms with Gasteiger partial charge in [0.25, 0.3) is 0 Å². The number of aromatic amines is 2. The molecule has 0 aliphatic carbocycles. The lowest BCUT2D eigenvalue weighted by Gasteiger charge is -1.97. The van der Waals surface area contributed by atoms with Gasteiger partial charge in [0.15, 0.2) is 23.0 Å². The monoisotopic (exact) mass is 402 g/mol. The maximum absolute atomic E-state index is 10.8. The van der Waals surface area contributed by atoms with Crippen LogP contribution in [-0.2, 0) is 6.42 Å². The minimum atomic E-state index is -0.122. The number of aryl methyl sites for hydroxylation is 1. The summed E-state index contributed by atoms with van der Waals surface area (Å²) in [5.74, 6) is -0.440. The van der Waals surface area contributed by atoms with Gasteiger partial charge in [-0.3, -0.25) is 0 Å². The number of aromatic hydroxyl groups is 4. The van der Waals surface area contributed by atoms with E-state index in [2.05, 4.69) is 19.9 Å². The van der Waals surface area contributed by atoms with Crippen molar-refractivity contribution in [3.05, 3.63) is 46.5 Å². The average Bonchev–Trinajstić information content (AvgIpc) is 3.56. The van der Waals surface area contributed by atoms with Crippen molar-refractivity contribution in [3.63, 3.8) is 0 Å². The zero-order chi connectivity index (χ0) is 21.0. The van der Waals surface area contributed by atoms with Crippen molar-refractivity contribution in [2.75, 3.05) is 0 Å². The number of rotatable bonds is 1. The molecular formula is C22H18N4O4. The number of nitrogens with one attached hydrogen (secondary N) is 2. The number of hydrogen-bond donors (Lipinski definition) is 6. The van der Waals surface area contributed by atoms with E-state index in [1.807, 2.05) is 6.92 Å². The molecule has 0 atom stereocenters. The average molecular weight is 402 g/mol. The Morgan fingerprint density at radius 3 is 1.63 bits per heavy atom. The zero-order valence-electron chi connectivity index (χ0n) is 15.9. The van der Waals surface area contributed by atoms with Crippen LogP contribution in [0.15, 0.2) is 18.2 Å². The van der Waals surface area contributed by atoms with Crippen LogP contribution in [0.2, 0.25) is 0 Å². The lowest BCUT2D eigenvalue weighted by molar-refractivity contribution is 0.472. The minimum Gasteiger partial charge on any atom is -0.504 e. The van der Waals surface area contributed by atoms with Crippen LogP contribution in [0.5, 0.6) is 23.0 Å². The van der Waals surface area contributed by atoms with E-state index in [9.17, 15) is 20.4 Å². The van der Waals surface area contributed by atoms with Gasteiger partial charge in [0.05, 0.1) is 22.1 Å². The summed E-state index contributed by atoms with van der Waals surface area (Å²) >= 11 is 0. The predicted octanol–water partition coefficient (Wildman–Crippen LogP) is 4.04. The summed E-state index contributed by atoms with van der Waals surface area (Å²) in [5, 5.41) is 42.8. The Labute approximate surface area is 170 Å². The SMILES string of the molecule is CCc1cc2[nH]c1c(O)c1nc(c(O)c3ccc([nH]3)c(O)c3nc(c2O)C=C3)C=C1. The quantitative estimate of drug-likeness (QED) is 0.250. The highest BCUT2D eigenvalue weighted by Gasteiger charge is 2.16. The van der Waals surface area contributed by atoms with Gasteiger partial charge >= 0.3 is 0 Å². The van der Waals surface area contributed by atoms with Crippen LogP contribution < -0.4 is 0 Å². The molecule has 0 unspecified atom stereocenters. The minimum absolute atomic E-state index is 0.0913. The standard InChI is InChI=1S/C22H18N4O4/c1-2-10-9-17-21(29)15-6-5-13(24-15)19(27)11-3-4-12(23-11)20(28)14-7-8-16(25-14)22(30)18(10)26-17/h3-9,23,26-30H,2H2,1H3. The second kappa shape index (κ2) is 6.41. The molecule has 8 bridgehead atoms. The smallest absolute Gasteiger partial charge is 0.165 e. The van der Waals surface area contributed by atoms with Crippen molar-refractivity contribution in [2.24, 2.45) is 0 Å². The third kappa shape index (κ3) is 2.61. The molecule has 0 saturated heterocycles. The number of nitrogens with zero attached hydrogens (tertiary/aromatic N) is 2. The van der Waals surface area contributed by atoms with Gasteiger partial charge in [-0.25, -0.2) is 9.97 Å². The van der Waals surface area contributed by atoms with Crippen LogP contribution in [0.1, 0.15) is 35.3 Å². The first-order chi connectivity index (χ1) is 14.5. The number of aromatic nitrogens is 4. The maximum atomic E-state index is 10.8. The maximum Gasteiger partial charge on any atom is 0.165 e. The van der Waals surface area contributed by atoms with Crippen molar-refractivity contribution < 1.29 is 20.4 Å². The van der Waals surface area contributed by atoms with Crippen molar-refractivity contribution in [1.29, 1.82) is 0 Å². The van der Waals surface area contributed by atoms with Gasteiger partial charge in [-0.15, -0.1) is 0 Å². The summed E-state index contributed by atoms with van der Waals surface area (Å²) in [6.45, 7) is 1.93.